The van der Waals surface area contributed by atoms with Crippen molar-refractivity contribution in [1.82, 2.24) is 10.2 Å². The molecule has 1 N–H and O–H groups in total. The summed E-state index contributed by atoms with van der Waals surface area (Å²) in [5.41, 5.74) is 1.48. The Morgan fingerprint density at radius 2 is 2.12 bits per heavy atom. The average molecular weight is 221 g/mol. The molecule has 0 aromatic carbocycles. The molecule has 0 amide bonds. The number of likely N-dealkylation sites (N-methyl/N-ethyl adjacent to an activating group) is 1. The summed E-state index contributed by atoms with van der Waals surface area (Å²) in [6.07, 6.45) is 1.68. The molecule has 1 aromatic heterocycles. The molecule has 5 nitrogen and oxygen atoms in total. The number of carbonyl (C=O) groups is 1. The highest BCUT2D eigenvalue weighted by Crippen LogP contribution is 2.20. The Labute approximate surface area is 94.4 Å². The smallest absolute Gasteiger partial charge is 0.339 e. The van der Waals surface area contributed by atoms with E-state index < -0.39 is 5.97 Å². The Bertz CT molecular complexity index is 429. The van der Waals surface area contributed by atoms with Gasteiger partial charge in [0.15, 0.2) is 5.82 Å². The maximum Gasteiger partial charge on any atom is 0.339 e. The zero-order chi connectivity index (χ0) is 12.3. The van der Waals surface area contributed by atoms with Crippen LogP contribution in [0.4, 0.5) is 5.82 Å². The van der Waals surface area contributed by atoms with Crippen LogP contribution in [0.2, 0.25) is 0 Å². The van der Waals surface area contributed by atoms with Gasteiger partial charge in [-0.05, 0) is 19.4 Å². The Balaban J connectivity index is 3.33. The number of aromatic nitrogens is 2. The Kier molecular flexibility index (Phi) is 3.60. The number of hydrogen-bond acceptors (Lipinski definition) is 4. The van der Waals surface area contributed by atoms with E-state index in [4.69, 9.17) is 5.11 Å². The molecule has 0 atom stereocenters. The van der Waals surface area contributed by atoms with E-state index >= 15 is 0 Å². The van der Waals surface area contributed by atoms with Crippen molar-refractivity contribution >= 4 is 11.8 Å². The van der Waals surface area contributed by atoms with Crippen LogP contribution in [-0.4, -0.2) is 34.9 Å². The first kappa shape index (κ1) is 12.2. The summed E-state index contributed by atoms with van der Waals surface area (Å²) >= 11 is 0. The van der Waals surface area contributed by atoms with Gasteiger partial charge in [-0.1, -0.05) is 6.08 Å². The first-order valence-corrected chi connectivity index (χ1v) is 4.88. The van der Waals surface area contributed by atoms with Crippen LogP contribution >= 0.6 is 0 Å². The minimum atomic E-state index is -0.985. The van der Waals surface area contributed by atoms with E-state index in [0.717, 1.165) is 0 Å². The second-order valence-electron chi connectivity index (χ2n) is 3.58. The van der Waals surface area contributed by atoms with Crippen molar-refractivity contribution in [3.8, 4) is 0 Å². The second kappa shape index (κ2) is 4.74. The van der Waals surface area contributed by atoms with Crippen LogP contribution < -0.4 is 4.90 Å². The van der Waals surface area contributed by atoms with Crippen molar-refractivity contribution in [1.29, 1.82) is 0 Å². The summed E-state index contributed by atoms with van der Waals surface area (Å²) in [6, 6.07) is 0. The Morgan fingerprint density at radius 3 is 2.62 bits per heavy atom. The van der Waals surface area contributed by atoms with E-state index in [1.807, 2.05) is 0 Å². The Hall–Kier alpha value is -1.91. The number of carboxylic acids is 1. The van der Waals surface area contributed by atoms with Gasteiger partial charge in [0.05, 0.1) is 5.69 Å². The lowest BCUT2D eigenvalue weighted by atomic mass is 10.1. The van der Waals surface area contributed by atoms with Crippen molar-refractivity contribution in [2.24, 2.45) is 0 Å². The first-order chi connectivity index (χ1) is 7.49. The minimum absolute atomic E-state index is 0.205. The fourth-order valence-corrected chi connectivity index (χ4v) is 1.40. The van der Waals surface area contributed by atoms with E-state index in [0.29, 0.717) is 23.6 Å². The van der Waals surface area contributed by atoms with E-state index in [1.165, 1.54) is 0 Å². The standard InChI is InChI=1S/C11H15N3O2/c1-5-6-14(4)10-9(11(15)16)7(2)8(3)12-13-10/h5H,1,6H2,2-4H3,(H,15,16). The van der Waals surface area contributed by atoms with Crippen molar-refractivity contribution in [2.45, 2.75) is 13.8 Å². The lowest BCUT2D eigenvalue weighted by Gasteiger charge is -2.18. The summed E-state index contributed by atoms with van der Waals surface area (Å²) in [5, 5.41) is 17.0. The van der Waals surface area contributed by atoms with Gasteiger partial charge >= 0.3 is 5.97 Å². The summed E-state index contributed by atoms with van der Waals surface area (Å²) in [7, 11) is 1.76. The van der Waals surface area contributed by atoms with E-state index in [2.05, 4.69) is 16.8 Å². The van der Waals surface area contributed by atoms with Gasteiger partial charge in [-0.3, -0.25) is 0 Å². The lowest BCUT2D eigenvalue weighted by molar-refractivity contribution is 0.0696. The fourth-order valence-electron chi connectivity index (χ4n) is 1.40. The van der Waals surface area contributed by atoms with Crippen molar-refractivity contribution in [3.05, 3.63) is 29.5 Å². The maximum absolute atomic E-state index is 11.2. The topological polar surface area (TPSA) is 66.3 Å². The molecule has 0 spiro atoms. The third-order valence-electron chi connectivity index (χ3n) is 2.41. The molecule has 0 aliphatic carbocycles. The molecule has 0 unspecified atom stereocenters. The maximum atomic E-state index is 11.2. The van der Waals surface area contributed by atoms with Gasteiger partial charge in [-0.2, -0.15) is 5.10 Å². The predicted molar refractivity (Wildman–Crippen MR) is 61.9 cm³/mol. The molecule has 0 saturated heterocycles. The monoisotopic (exact) mass is 221 g/mol. The molecular formula is C11H15N3O2. The van der Waals surface area contributed by atoms with Crippen molar-refractivity contribution < 1.29 is 9.90 Å². The summed E-state index contributed by atoms with van der Waals surface area (Å²) < 4.78 is 0. The fraction of sp³-hybridized carbons (Fsp3) is 0.364. The van der Waals surface area contributed by atoms with Gasteiger partial charge in [0, 0.05) is 13.6 Å². The molecule has 16 heavy (non-hydrogen) atoms. The second-order valence-corrected chi connectivity index (χ2v) is 3.58. The molecule has 0 bridgehead atoms. The SMILES string of the molecule is C=CCN(C)c1nnc(C)c(C)c1C(=O)O. The van der Waals surface area contributed by atoms with Crippen LogP contribution in [0.5, 0.6) is 0 Å². The summed E-state index contributed by atoms with van der Waals surface area (Å²) in [4.78, 5) is 12.9. The quantitative estimate of drug-likeness (QED) is 0.779. The molecule has 0 aliphatic rings. The van der Waals surface area contributed by atoms with Gasteiger partial charge in [-0.25, -0.2) is 4.79 Å². The van der Waals surface area contributed by atoms with E-state index in [-0.39, 0.29) is 5.56 Å². The van der Waals surface area contributed by atoms with Gasteiger partial charge in [0.25, 0.3) is 0 Å². The number of aromatic carboxylic acids is 1. The highest BCUT2D eigenvalue weighted by Gasteiger charge is 2.19. The van der Waals surface area contributed by atoms with Crippen LogP contribution in [0.25, 0.3) is 0 Å². The van der Waals surface area contributed by atoms with Crippen molar-refractivity contribution in [2.75, 3.05) is 18.5 Å². The lowest BCUT2D eigenvalue weighted by Crippen LogP contribution is -2.23. The zero-order valence-corrected chi connectivity index (χ0v) is 9.69. The molecule has 1 heterocycles. The number of carboxylic acid groups (broad SMARTS) is 1. The van der Waals surface area contributed by atoms with Crippen LogP contribution in [-0.2, 0) is 0 Å². The molecule has 1 aromatic rings. The molecule has 86 valence electrons. The van der Waals surface area contributed by atoms with Crippen LogP contribution in [0.15, 0.2) is 12.7 Å². The Morgan fingerprint density at radius 1 is 1.50 bits per heavy atom. The predicted octanol–water partition coefficient (Wildman–Crippen LogP) is 1.41. The summed E-state index contributed by atoms with van der Waals surface area (Å²) in [5.74, 6) is -0.614. The molecule has 0 radical (unpaired) electrons. The number of nitrogens with zero attached hydrogens (tertiary/aromatic N) is 3. The third-order valence-corrected chi connectivity index (χ3v) is 2.41. The third kappa shape index (κ3) is 2.18. The molecule has 0 fully saturated rings. The van der Waals surface area contributed by atoms with Gasteiger partial charge in [0.2, 0.25) is 0 Å². The highest BCUT2D eigenvalue weighted by atomic mass is 16.4. The van der Waals surface area contributed by atoms with Gasteiger partial charge in [0.1, 0.15) is 5.56 Å². The normalized spacial score (nSPS) is 9.94. The highest BCUT2D eigenvalue weighted by molar-refractivity contribution is 5.95. The number of anilines is 1. The minimum Gasteiger partial charge on any atom is -0.478 e. The zero-order valence-electron chi connectivity index (χ0n) is 9.69. The van der Waals surface area contributed by atoms with Crippen LogP contribution in [0, 0.1) is 13.8 Å². The molecular weight excluding hydrogens is 206 g/mol. The molecule has 0 aliphatic heterocycles. The number of rotatable bonds is 4. The van der Waals surface area contributed by atoms with Crippen LogP contribution in [0.1, 0.15) is 21.6 Å². The summed E-state index contributed by atoms with van der Waals surface area (Å²) in [6.45, 7) is 7.61. The van der Waals surface area contributed by atoms with Gasteiger partial charge in [-0.15, -0.1) is 11.7 Å². The molecule has 0 saturated carbocycles. The average Bonchev–Trinajstić information content (AvgIpc) is 2.21. The number of hydrogen-bond donors (Lipinski definition) is 1. The van der Waals surface area contributed by atoms with Crippen molar-refractivity contribution in [3.63, 3.8) is 0 Å². The van der Waals surface area contributed by atoms with E-state index in [9.17, 15) is 4.79 Å². The molecule has 5 heteroatoms. The first-order valence-electron chi connectivity index (χ1n) is 4.88. The van der Waals surface area contributed by atoms with E-state index in [1.54, 1.807) is 31.9 Å². The van der Waals surface area contributed by atoms with Gasteiger partial charge < -0.3 is 10.0 Å². The number of aryl methyl sites for hydroxylation is 1. The largest absolute Gasteiger partial charge is 0.478 e. The van der Waals surface area contributed by atoms with Crippen LogP contribution in [0.3, 0.4) is 0 Å². The molecule has 1 rings (SSSR count).